The van der Waals surface area contributed by atoms with Crippen molar-refractivity contribution >= 4 is 28.3 Å². The molecule has 3 N–H and O–H groups in total. The fourth-order valence-corrected chi connectivity index (χ4v) is 3.31. The topological polar surface area (TPSA) is 81.4 Å². The number of anilines is 1. The van der Waals surface area contributed by atoms with E-state index in [1.165, 1.54) is 0 Å². The van der Waals surface area contributed by atoms with E-state index in [0.29, 0.717) is 24.3 Å². The van der Waals surface area contributed by atoms with Crippen LogP contribution in [0.25, 0.3) is 21.9 Å². The third-order valence-corrected chi connectivity index (χ3v) is 4.61. The number of fused-ring (bicyclic) bond motifs is 1. The number of nitrogen functional groups attached to an aromatic ring is 1. The first kappa shape index (κ1) is 16.1. The number of hydrogen-bond donors (Lipinski definition) is 2. The average molecular weight is 346 g/mol. The van der Waals surface area contributed by atoms with Crippen LogP contribution >= 0.6 is 0 Å². The maximum atomic E-state index is 12.8. The molecule has 0 radical (unpaired) electrons. The summed E-state index contributed by atoms with van der Waals surface area (Å²) in [6, 6.07) is 18.5. The minimum Gasteiger partial charge on any atom is -0.464 e. The van der Waals surface area contributed by atoms with E-state index in [4.69, 9.17) is 10.5 Å². The van der Waals surface area contributed by atoms with Gasteiger partial charge < -0.3 is 15.8 Å². The Morgan fingerprint density at radius 1 is 1.04 bits per heavy atom. The summed E-state index contributed by atoms with van der Waals surface area (Å²) in [5.41, 5.74) is 8.71. The second-order valence-corrected chi connectivity index (χ2v) is 6.31. The zero-order chi connectivity index (χ0) is 18.1. The van der Waals surface area contributed by atoms with Gasteiger partial charge in [-0.1, -0.05) is 42.5 Å². The predicted octanol–water partition coefficient (Wildman–Crippen LogP) is 3.13. The molecule has 26 heavy (non-hydrogen) atoms. The molecular formula is C21H18N2O3. The lowest BCUT2D eigenvalue weighted by atomic mass is 9.93. The maximum absolute atomic E-state index is 12.8. The Kier molecular flexibility index (Phi) is 4.05. The lowest BCUT2D eigenvalue weighted by Gasteiger charge is -2.15. The Hall–Kier alpha value is -3.34. The van der Waals surface area contributed by atoms with Gasteiger partial charge in [0, 0.05) is 17.7 Å². The van der Waals surface area contributed by atoms with Gasteiger partial charge in [0.1, 0.15) is 6.04 Å². The molecule has 1 aliphatic heterocycles. The van der Waals surface area contributed by atoms with Crippen LogP contribution in [0.4, 0.5) is 5.69 Å². The van der Waals surface area contributed by atoms with Gasteiger partial charge in [-0.15, -0.1) is 0 Å². The highest BCUT2D eigenvalue weighted by Crippen LogP contribution is 2.32. The van der Waals surface area contributed by atoms with Crippen molar-refractivity contribution in [2.24, 2.45) is 0 Å². The van der Waals surface area contributed by atoms with Crippen LogP contribution < -0.4 is 11.1 Å². The number of benzene rings is 3. The molecule has 4 rings (SSSR count). The predicted molar refractivity (Wildman–Crippen MR) is 101 cm³/mol. The van der Waals surface area contributed by atoms with Gasteiger partial charge in [0.2, 0.25) is 0 Å². The fraction of sp³-hybridized carbons (Fsp3) is 0.143. The SMILES string of the molecule is Nc1ccc(C(=O)N[C@H]2CCOC2=O)c(-c2cccc3ccccc23)c1. The van der Waals surface area contributed by atoms with Gasteiger partial charge >= 0.3 is 5.97 Å². The average Bonchev–Trinajstić information content (AvgIpc) is 3.05. The molecule has 1 aliphatic rings. The largest absolute Gasteiger partial charge is 0.464 e. The summed E-state index contributed by atoms with van der Waals surface area (Å²) in [5, 5.41) is 4.89. The van der Waals surface area contributed by atoms with Crippen molar-refractivity contribution in [3.05, 3.63) is 66.2 Å². The number of amides is 1. The highest BCUT2D eigenvalue weighted by molar-refractivity contribution is 6.07. The molecule has 1 amide bonds. The molecule has 0 bridgehead atoms. The van der Waals surface area contributed by atoms with Crippen LogP contribution in [-0.2, 0) is 9.53 Å². The highest BCUT2D eigenvalue weighted by Gasteiger charge is 2.29. The summed E-state index contributed by atoms with van der Waals surface area (Å²) in [7, 11) is 0. The lowest BCUT2D eigenvalue weighted by molar-refractivity contribution is -0.139. The Balaban J connectivity index is 1.80. The Bertz CT molecular complexity index is 1010. The van der Waals surface area contributed by atoms with Crippen molar-refractivity contribution in [1.82, 2.24) is 5.32 Å². The van der Waals surface area contributed by atoms with Gasteiger partial charge in [-0.05, 0) is 40.1 Å². The molecule has 1 heterocycles. The Labute approximate surface area is 150 Å². The third kappa shape index (κ3) is 2.88. The summed E-state index contributed by atoms with van der Waals surface area (Å²) < 4.78 is 4.92. The van der Waals surface area contributed by atoms with E-state index in [0.717, 1.165) is 21.9 Å². The Morgan fingerprint density at radius 2 is 1.85 bits per heavy atom. The number of nitrogens with two attached hydrogens (primary N) is 1. The molecule has 0 aliphatic carbocycles. The molecule has 3 aromatic rings. The summed E-state index contributed by atoms with van der Waals surface area (Å²) in [6.45, 7) is 0.335. The first-order valence-corrected chi connectivity index (χ1v) is 8.48. The number of carbonyl (C=O) groups excluding carboxylic acids is 2. The van der Waals surface area contributed by atoms with Crippen LogP contribution in [0, 0.1) is 0 Å². The Morgan fingerprint density at radius 3 is 2.65 bits per heavy atom. The number of esters is 1. The lowest BCUT2D eigenvalue weighted by Crippen LogP contribution is -2.38. The summed E-state index contributed by atoms with van der Waals surface area (Å²) in [6.07, 6.45) is 0.489. The molecule has 1 saturated heterocycles. The first-order chi connectivity index (χ1) is 12.6. The van der Waals surface area contributed by atoms with Crippen LogP contribution in [0.5, 0.6) is 0 Å². The molecule has 5 nitrogen and oxygen atoms in total. The smallest absolute Gasteiger partial charge is 0.328 e. The molecule has 3 aromatic carbocycles. The van der Waals surface area contributed by atoms with Gasteiger partial charge in [0.15, 0.2) is 0 Å². The van der Waals surface area contributed by atoms with E-state index < -0.39 is 6.04 Å². The summed E-state index contributed by atoms with van der Waals surface area (Å²) in [4.78, 5) is 24.5. The third-order valence-electron chi connectivity index (χ3n) is 4.61. The first-order valence-electron chi connectivity index (χ1n) is 8.48. The minimum atomic E-state index is -0.597. The fourth-order valence-electron chi connectivity index (χ4n) is 3.31. The van der Waals surface area contributed by atoms with Crippen LogP contribution in [0.1, 0.15) is 16.8 Å². The molecule has 0 unspecified atom stereocenters. The van der Waals surface area contributed by atoms with Crippen LogP contribution in [-0.4, -0.2) is 24.5 Å². The summed E-state index contributed by atoms with van der Waals surface area (Å²) >= 11 is 0. The van der Waals surface area contributed by atoms with E-state index in [1.807, 2.05) is 42.5 Å². The van der Waals surface area contributed by atoms with Crippen LogP contribution in [0.3, 0.4) is 0 Å². The molecule has 130 valence electrons. The van der Waals surface area contributed by atoms with Gasteiger partial charge in [-0.2, -0.15) is 0 Å². The molecular weight excluding hydrogens is 328 g/mol. The normalized spacial score (nSPS) is 16.5. The van der Waals surface area contributed by atoms with Crippen molar-refractivity contribution in [2.75, 3.05) is 12.3 Å². The van der Waals surface area contributed by atoms with Crippen LogP contribution in [0.2, 0.25) is 0 Å². The van der Waals surface area contributed by atoms with Gasteiger partial charge in [0.25, 0.3) is 5.91 Å². The highest BCUT2D eigenvalue weighted by atomic mass is 16.5. The minimum absolute atomic E-state index is 0.309. The number of carbonyl (C=O) groups is 2. The molecule has 0 aromatic heterocycles. The van der Waals surface area contributed by atoms with Crippen molar-refractivity contribution in [2.45, 2.75) is 12.5 Å². The second-order valence-electron chi connectivity index (χ2n) is 6.31. The number of ether oxygens (including phenoxy) is 1. The standard InChI is InChI=1S/C21H18N2O3/c22-14-8-9-17(20(24)23-19-10-11-26-21(19)25)18(12-14)16-7-3-5-13-4-1-2-6-15(13)16/h1-9,12,19H,10-11,22H2,(H,23,24)/t19-/m0/s1. The van der Waals surface area contributed by atoms with E-state index in [-0.39, 0.29) is 11.9 Å². The summed E-state index contributed by atoms with van der Waals surface area (Å²) in [5.74, 6) is -0.697. The van der Waals surface area contributed by atoms with Gasteiger partial charge in [0.05, 0.1) is 6.61 Å². The molecule has 1 fully saturated rings. The zero-order valence-electron chi connectivity index (χ0n) is 14.1. The maximum Gasteiger partial charge on any atom is 0.328 e. The van der Waals surface area contributed by atoms with E-state index in [2.05, 4.69) is 5.32 Å². The van der Waals surface area contributed by atoms with Gasteiger partial charge in [-0.3, -0.25) is 4.79 Å². The van der Waals surface area contributed by atoms with Crippen molar-refractivity contribution in [1.29, 1.82) is 0 Å². The molecule has 5 heteroatoms. The monoisotopic (exact) mass is 346 g/mol. The quantitative estimate of drug-likeness (QED) is 0.564. The molecule has 1 atom stereocenters. The van der Waals surface area contributed by atoms with Crippen molar-refractivity contribution in [3.8, 4) is 11.1 Å². The number of nitrogens with one attached hydrogen (secondary N) is 1. The van der Waals surface area contributed by atoms with E-state index >= 15 is 0 Å². The number of hydrogen-bond acceptors (Lipinski definition) is 4. The number of cyclic esters (lactones) is 1. The number of rotatable bonds is 3. The zero-order valence-corrected chi connectivity index (χ0v) is 14.1. The van der Waals surface area contributed by atoms with E-state index in [1.54, 1.807) is 18.2 Å². The van der Waals surface area contributed by atoms with Crippen molar-refractivity contribution < 1.29 is 14.3 Å². The van der Waals surface area contributed by atoms with Crippen LogP contribution in [0.15, 0.2) is 60.7 Å². The second kappa shape index (κ2) is 6.52. The molecule has 0 spiro atoms. The van der Waals surface area contributed by atoms with Gasteiger partial charge in [-0.25, -0.2) is 4.79 Å². The van der Waals surface area contributed by atoms with E-state index in [9.17, 15) is 9.59 Å². The van der Waals surface area contributed by atoms with Crippen molar-refractivity contribution in [3.63, 3.8) is 0 Å². The molecule has 0 saturated carbocycles.